The van der Waals surface area contributed by atoms with Gasteiger partial charge in [-0.3, -0.25) is 10.1 Å². The second-order valence-electron chi connectivity index (χ2n) is 3.88. The van der Waals surface area contributed by atoms with Gasteiger partial charge in [-0.15, -0.1) is 0 Å². The number of nitrogens with zero attached hydrogens (tertiary/aromatic N) is 1. The quantitative estimate of drug-likeness (QED) is 0.545. The fourth-order valence-electron chi connectivity index (χ4n) is 1.28. The van der Waals surface area contributed by atoms with Gasteiger partial charge >= 0.3 is 0 Å². The van der Waals surface area contributed by atoms with Crippen LogP contribution in [0.15, 0.2) is 24.3 Å². The Balaban J connectivity index is 2.88. The molecule has 0 aliphatic carbocycles. The SMILES string of the molecule is CC(C)[C@@H](C)c1ccc([N+](=O)[O-])cc1. The molecule has 0 aliphatic heterocycles. The Kier molecular flexibility index (Phi) is 3.23. The van der Waals surface area contributed by atoms with Crippen LogP contribution in [-0.4, -0.2) is 4.92 Å². The highest BCUT2D eigenvalue weighted by Crippen LogP contribution is 2.25. The van der Waals surface area contributed by atoms with E-state index in [2.05, 4.69) is 20.8 Å². The summed E-state index contributed by atoms with van der Waals surface area (Å²) in [5.74, 6) is 0.993. The molecule has 1 atom stereocenters. The third-order valence-electron chi connectivity index (χ3n) is 2.63. The standard InChI is InChI=1S/C11H15NO2/c1-8(2)9(3)10-4-6-11(7-5-10)12(13)14/h4-9H,1-3H3/t9-/m1/s1. The van der Waals surface area contributed by atoms with Gasteiger partial charge in [0, 0.05) is 12.1 Å². The zero-order valence-electron chi connectivity index (χ0n) is 8.73. The van der Waals surface area contributed by atoms with Crippen LogP contribution in [0.4, 0.5) is 5.69 Å². The van der Waals surface area contributed by atoms with Gasteiger partial charge in [0.2, 0.25) is 0 Å². The number of hydrogen-bond acceptors (Lipinski definition) is 2. The van der Waals surface area contributed by atoms with E-state index in [0.29, 0.717) is 11.8 Å². The van der Waals surface area contributed by atoms with Crippen molar-refractivity contribution in [3.8, 4) is 0 Å². The summed E-state index contributed by atoms with van der Waals surface area (Å²) in [5.41, 5.74) is 1.32. The summed E-state index contributed by atoms with van der Waals surface area (Å²) in [6, 6.07) is 6.80. The summed E-state index contributed by atoms with van der Waals surface area (Å²) in [4.78, 5) is 10.1. The molecule has 0 saturated carbocycles. The van der Waals surface area contributed by atoms with Crippen molar-refractivity contribution in [2.24, 2.45) is 5.92 Å². The lowest BCUT2D eigenvalue weighted by Gasteiger charge is -2.15. The predicted octanol–water partition coefficient (Wildman–Crippen LogP) is 3.35. The summed E-state index contributed by atoms with van der Waals surface area (Å²) in [7, 11) is 0. The fraction of sp³-hybridized carbons (Fsp3) is 0.455. The molecule has 0 N–H and O–H groups in total. The van der Waals surface area contributed by atoms with Crippen molar-refractivity contribution >= 4 is 5.69 Å². The topological polar surface area (TPSA) is 43.1 Å². The van der Waals surface area contributed by atoms with Crippen LogP contribution in [0.3, 0.4) is 0 Å². The van der Waals surface area contributed by atoms with Crippen LogP contribution in [-0.2, 0) is 0 Å². The van der Waals surface area contributed by atoms with Crippen molar-refractivity contribution < 1.29 is 4.92 Å². The third kappa shape index (κ3) is 2.31. The van der Waals surface area contributed by atoms with Gasteiger partial charge in [-0.1, -0.05) is 32.9 Å². The fourth-order valence-corrected chi connectivity index (χ4v) is 1.28. The molecule has 76 valence electrons. The second kappa shape index (κ2) is 4.22. The molecule has 1 rings (SSSR count). The molecule has 3 heteroatoms. The van der Waals surface area contributed by atoms with Gasteiger partial charge in [-0.25, -0.2) is 0 Å². The van der Waals surface area contributed by atoms with E-state index < -0.39 is 0 Å². The van der Waals surface area contributed by atoms with Crippen LogP contribution < -0.4 is 0 Å². The van der Waals surface area contributed by atoms with E-state index in [1.54, 1.807) is 12.1 Å². The minimum Gasteiger partial charge on any atom is -0.258 e. The molecule has 0 aliphatic rings. The maximum absolute atomic E-state index is 10.4. The van der Waals surface area contributed by atoms with E-state index in [0.717, 1.165) is 5.56 Å². The van der Waals surface area contributed by atoms with E-state index >= 15 is 0 Å². The number of benzene rings is 1. The van der Waals surface area contributed by atoms with Crippen molar-refractivity contribution in [1.82, 2.24) is 0 Å². The van der Waals surface area contributed by atoms with Gasteiger partial charge in [0.25, 0.3) is 5.69 Å². The monoisotopic (exact) mass is 193 g/mol. The smallest absolute Gasteiger partial charge is 0.258 e. The zero-order chi connectivity index (χ0) is 10.7. The molecule has 3 nitrogen and oxygen atoms in total. The Morgan fingerprint density at radius 2 is 1.64 bits per heavy atom. The molecule has 0 unspecified atom stereocenters. The molecule has 0 aromatic heterocycles. The Labute approximate surface area is 83.9 Å². The molecule has 0 saturated heterocycles. The van der Waals surface area contributed by atoms with Crippen LogP contribution in [0, 0.1) is 16.0 Å². The largest absolute Gasteiger partial charge is 0.269 e. The lowest BCUT2D eigenvalue weighted by atomic mass is 9.90. The molecule has 1 aromatic carbocycles. The summed E-state index contributed by atoms with van der Waals surface area (Å²) in [6.45, 7) is 6.42. The molecule has 0 fully saturated rings. The number of nitro groups is 1. The molecule has 0 spiro atoms. The molecule has 0 amide bonds. The molecule has 14 heavy (non-hydrogen) atoms. The van der Waals surface area contributed by atoms with E-state index in [1.807, 2.05) is 12.1 Å². The van der Waals surface area contributed by atoms with Crippen molar-refractivity contribution in [3.05, 3.63) is 39.9 Å². The Hall–Kier alpha value is -1.38. The normalized spacial score (nSPS) is 12.9. The zero-order valence-corrected chi connectivity index (χ0v) is 8.73. The van der Waals surface area contributed by atoms with Crippen molar-refractivity contribution in [2.45, 2.75) is 26.7 Å². The molecular formula is C11H15NO2. The molecule has 0 heterocycles. The highest BCUT2D eigenvalue weighted by molar-refractivity contribution is 5.34. The van der Waals surface area contributed by atoms with E-state index in [-0.39, 0.29) is 10.6 Å². The molecule has 0 radical (unpaired) electrons. The van der Waals surface area contributed by atoms with Gasteiger partial charge in [-0.05, 0) is 17.4 Å². The highest BCUT2D eigenvalue weighted by atomic mass is 16.6. The van der Waals surface area contributed by atoms with Gasteiger partial charge in [0.15, 0.2) is 0 Å². The minimum atomic E-state index is -0.371. The van der Waals surface area contributed by atoms with Gasteiger partial charge in [-0.2, -0.15) is 0 Å². The minimum absolute atomic E-state index is 0.157. The summed E-state index contributed by atoms with van der Waals surface area (Å²) >= 11 is 0. The average molecular weight is 193 g/mol. The Bertz CT molecular complexity index is 317. The molecule has 0 bridgehead atoms. The van der Waals surface area contributed by atoms with Crippen LogP contribution in [0.1, 0.15) is 32.3 Å². The van der Waals surface area contributed by atoms with Crippen molar-refractivity contribution in [1.29, 1.82) is 0 Å². The van der Waals surface area contributed by atoms with Crippen LogP contribution in [0.2, 0.25) is 0 Å². The number of rotatable bonds is 3. The Morgan fingerprint density at radius 3 is 2.00 bits per heavy atom. The first-order chi connectivity index (χ1) is 6.52. The van der Waals surface area contributed by atoms with Gasteiger partial charge in [0.05, 0.1) is 4.92 Å². The molecular weight excluding hydrogens is 178 g/mol. The first-order valence-electron chi connectivity index (χ1n) is 4.76. The van der Waals surface area contributed by atoms with Crippen LogP contribution in [0.25, 0.3) is 0 Å². The Morgan fingerprint density at radius 1 is 1.14 bits per heavy atom. The lowest BCUT2D eigenvalue weighted by Crippen LogP contribution is -2.01. The number of hydrogen-bond donors (Lipinski definition) is 0. The van der Waals surface area contributed by atoms with Crippen LogP contribution >= 0.6 is 0 Å². The summed E-state index contributed by atoms with van der Waals surface area (Å²) in [6.07, 6.45) is 0. The maximum atomic E-state index is 10.4. The average Bonchev–Trinajstić information content (AvgIpc) is 2.16. The van der Waals surface area contributed by atoms with Crippen LogP contribution in [0.5, 0.6) is 0 Å². The number of non-ortho nitro benzene ring substituents is 1. The highest BCUT2D eigenvalue weighted by Gasteiger charge is 2.11. The predicted molar refractivity (Wildman–Crippen MR) is 56.3 cm³/mol. The van der Waals surface area contributed by atoms with Gasteiger partial charge in [0.1, 0.15) is 0 Å². The first kappa shape index (κ1) is 10.7. The number of nitro benzene ring substituents is 1. The molecule has 1 aromatic rings. The van der Waals surface area contributed by atoms with E-state index in [9.17, 15) is 10.1 Å². The van der Waals surface area contributed by atoms with E-state index in [4.69, 9.17) is 0 Å². The first-order valence-corrected chi connectivity index (χ1v) is 4.76. The van der Waals surface area contributed by atoms with Crippen molar-refractivity contribution in [2.75, 3.05) is 0 Å². The third-order valence-corrected chi connectivity index (χ3v) is 2.63. The maximum Gasteiger partial charge on any atom is 0.269 e. The van der Waals surface area contributed by atoms with E-state index in [1.165, 1.54) is 0 Å². The summed E-state index contributed by atoms with van der Waals surface area (Å²) < 4.78 is 0. The second-order valence-corrected chi connectivity index (χ2v) is 3.88. The van der Waals surface area contributed by atoms with Gasteiger partial charge < -0.3 is 0 Å². The van der Waals surface area contributed by atoms with Crippen molar-refractivity contribution in [3.63, 3.8) is 0 Å². The summed E-state index contributed by atoms with van der Waals surface area (Å²) in [5, 5.41) is 10.4. The lowest BCUT2D eigenvalue weighted by molar-refractivity contribution is -0.384.